The summed E-state index contributed by atoms with van der Waals surface area (Å²) in [5.74, 6) is 1.06. The van der Waals surface area contributed by atoms with E-state index in [0.29, 0.717) is 12.6 Å². The molecule has 2 atom stereocenters. The Hall–Kier alpha value is -0.570. The van der Waals surface area contributed by atoms with Crippen LogP contribution in [0.4, 0.5) is 0 Å². The van der Waals surface area contributed by atoms with Crippen molar-refractivity contribution < 1.29 is 4.79 Å². The zero-order chi connectivity index (χ0) is 9.26. The number of carbonyl (C=O) groups excluding carboxylic acids is 1. The molecule has 1 amide bonds. The maximum Gasteiger partial charge on any atom is 0.234 e. The van der Waals surface area contributed by atoms with Crippen LogP contribution in [0, 0.1) is 5.92 Å². The molecule has 13 heavy (non-hydrogen) atoms. The molecule has 74 valence electrons. The van der Waals surface area contributed by atoms with Crippen LogP contribution in [-0.2, 0) is 4.79 Å². The van der Waals surface area contributed by atoms with Crippen LogP contribution in [-0.4, -0.2) is 36.5 Å². The van der Waals surface area contributed by atoms with E-state index in [0.717, 1.165) is 19.0 Å². The summed E-state index contributed by atoms with van der Waals surface area (Å²) in [5, 5.41) is 2.87. The monoisotopic (exact) mass is 182 g/mol. The molecule has 0 aromatic heterocycles. The fourth-order valence-corrected chi connectivity index (χ4v) is 2.48. The molecule has 3 heteroatoms. The van der Waals surface area contributed by atoms with Gasteiger partial charge in [0.15, 0.2) is 0 Å². The lowest BCUT2D eigenvalue weighted by molar-refractivity contribution is -0.124. The van der Waals surface area contributed by atoms with Crippen LogP contribution in [0.15, 0.2) is 0 Å². The number of nitrogens with zero attached hydrogens (tertiary/aromatic N) is 1. The number of piperazine rings is 1. The van der Waals surface area contributed by atoms with Gasteiger partial charge >= 0.3 is 0 Å². The van der Waals surface area contributed by atoms with Crippen LogP contribution in [0.25, 0.3) is 0 Å². The molecule has 0 spiro atoms. The van der Waals surface area contributed by atoms with Gasteiger partial charge in [0.1, 0.15) is 0 Å². The number of carbonyl (C=O) groups is 1. The van der Waals surface area contributed by atoms with Gasteiger partial charge in [0.25, 0.3) is 0 Å². The summed E-state index contributed by atoms with van der Waals surface area (Å²) in [5.41, 5.74) is 0. The molecule has 0 radical (unpaired) electrons. The highest BCUT2D eigenvalue weighted by Gasteiger charge is 2.29. The molecule has 2 fully saturated rings. The van der Waals surface area contributed by atoms with Crippen molar-refractivity contribution in [2.45, 2.75) is 32.2 Å². The SMILES string of the molecule is CC1CCC(N2CCNC(=O)C2)C1. The van der Waals surface area contributed by atoms with Gasteiger partial charge in [-0.2, -0.15) is 0 Å². The zero-order valence-electron chi connectivity index (χ0n) is 8.25. The van der Waals surface area contributed by atoms with E-state index in [1.54, 1.807) is 0 Å². The van der Waals surface area contributed by atoms with Gasteiger partial charge < -0.3 is 5.32 Å². The average molecular weight is 182 g/mol. The van der Waals surface area contributed by atoms with Crippen molar-refractivity contribution in [1.82, 2.24) is 10.2 Å². The summed E-state index contributed by atoms with van der Waals surface area (Å²) in [6.45, 7) is 4.81. The summed E-state index contributed by atoms with van der Waals surface area (Å²) >= 11 is 0. The van der Waals surface area contributed by atoms with Gasteiger partial charge in [-0.05, 0) is 25.2 Å². The van der Waals surface area contributed by atoms with Crippen molar-refractivity contribution in [3.8, 4) is 0 Å². The maximum atomic E-state index is 11.2. The van der Waals surface area contributed by atoms with Crippen molar-refractivity contribution in [3.63, 3.8) is 0 Å². The van der Waals surface area contributed by atoms with Crippen LogP contribution in [0.3, 0.4) is 0 Å². The quantitative estimate of drug-likeness (QED) is 0.644. The lowest BCUT2D eigenvalue weighted by atomic mass is 10.1. The fourth-order valence-electron chi connectivity index (χ4n) is 2.48. The molecular formula is C10H18N2O. The second-order valence-electron chi connectivity index (χ2n) is 4.39. The number of amides is 1. The molecule has 1 aliphatic carbocycles. The van der Waals surface area contributed by atoms with Gasteiger partial charge in [0, 0.05) is 19.1 Å². The number of nitrogens with one attached hydrogen (secondary N) is 1. The van der Waals surface area contributed by atoms with Crippen molar-refractivity contribution in [2.75, 3.05) is 19.6 Å². The van der Waals surface area contributed by atoms with E-state index in [2.05, 4.69) is 17.1 Å². The summed E-state index contributed by atoms with van der Waals surface area (Å²) in [6, 6.07) is 0.682. The predicted molar refractivity (Wildman–Crippen MR) is 51.4 cm³/mol. The van der Waals surface area contributed by atoms with Crippen molar-refractivity contribution in [2.24, 2.45) is 5.92 Å². The van der Waals surface area contributed by atoms with E-state index in [4.69, 9.17) is 0 Å². The van der Waals surface area contributed by atoms with Crippen LogP contribution in [0.5, 0.6) is 0 Å². The second-order valence-corrected chi connectivity index (χ2v) is 4.39. The lowest BCUT2D eigenvalue weighted by Crippen LogP contribution is -2.50. The zero-order valence-corrected chi connectivity index (χ0v) is 8.25. The minimum atomic E-state index is 0.200. The minimum Gasteiger partial charge on any atom is -0.354 e. The third kappa shape index (κ3) is 2.02. The summed E-state index contributed by atoms with van der Waals surface area (Å²) in [6.07, 6.45) is 3.91. The minimum absolute atomic E-state index is 0.200. The third-order valence-corrected chi connectivity index (χ3v) is 3.25. The fraction of sp³-hybridized carbons (Fsp3) is 0.900. The normalized spacial score (nSPS) is 36.2. The maximum absolute atomic E-state index is 11.2. The van der Waals surface area contributed by atoms with Gasteiger partial charge in [-0.1, -0.05) is 6.92 Å². The second kappa shape index (κ2) is 3.66. The Kier molecular flexibility index (Phi) is 2.54. The molecule has 1 N–H and O–H groups in total. The molecule has 1 heterocycles. The van der Waals surface area contributed by atoms with Crippen molar-refractivity contribution >= 4 is 5.91 Å². The van der Waals surface area contributed by atoms with E-state index >= 15 is 0 Å². The first-order valence-corrected chi connectivity index (χ1v) is 5.26. The van der Waals surface area contributed by atoms with E-state index in [-0.39, 0.29) is 5.91 Å². The Morgan fingerprint density at radius 1 is 1.46 bits per heavy atom. The summed E-state index contributed by atoms with van der Waals surface area (Å²) in [7, 11) is 0. The largest absolute Gasteiger partial charge is 0.354 e. The van der Waals surface area contributed by atoms with Gasteiger partial charge in [-0.3, -0.25) is 9.69 Å². The Morgan fingerprint density at radius 3 is 2.92 bits per heavy atom. The molecule has 2 rings (SSSR count). The van der Waals surface area contributed by atoms with E-state index < -0.39 is 0 Å². The third-order valence-electron chi connectivity index (χ3n) is 3.25. The Morgan fingerprint density at radius 2 is 2.31 bits per heavy atom. The number of hydrogen-bond donors (Lipinski definition) is 1. The highest BCUT2D eigenvalue weighted by molar-refractivity contribution is 5.78. The number of hydrogen-bond acceptors (Lipinski definition) is 2. The molecule has 2 unspecified atom stereocenters. The van der Waals surface area contributed by atoms with Gasteiger partial charge in [0.2, 0.25) is 5.91 Å². The first-order valence-electron chi connectivity index (χ1n) is 5.26. The summed E-state index contributed by atoms with van der Waals surface area (Å²) < 4.78 is 0. The molecule has 2 aliphatic rings. The van der Waals surface area contributed by atoms with Crippen LogP contribution in [0.1, 0.15) is 26.2 Å². The predicted octanol–water partition coefficient (Wildman–Crippen LogP) is 0.607. The topological polar surface area (TPSA) is 32.3 Å². The van der Waals surface area contributed by atoms with Crippen LogP contribution in [0.2, 0.25) is 0 Å². The molecule has 0 bridgehead atoms. The molecule has 0 aromatic rings. The first kappa shape index (κ1) is 9.00. The average Bonchev–Trinajstić information content (AvgIpc) is 2.52. The molecule has 1 aliphatic heterocycles. The molecule has 1 saturated carbocycles. The Balaban J connectivity index is 1.89. The van der Waals surface area contributed by atoms with Gasteiger partial charge in [-0.25, -0.2) is 0 Å². The number of rotatable bonds is 1. The molecule has 3 nitrogen and oxygen atoms in total. The van der Waals surface area contributed by atoms with E-state index in [9.17, 15) is 4.79 Å². The highest BCUT2D eigenvalue weighted by atomic mass is 16.2. The highest BCUT2D eigenvalue weighted by Crippen LogP contribution is 2.28. The Bertz CT molecular complexity index is 205. The van der Waals surface area contributed by atoms with Gasteiger partial charge in [0.05, 0.1) is 6.54 Å². The summed E-state index contributed by atoms with van der Waals surface area (Å²) in [4.78, 5) is 13.5. The van der Waals surface area contributed by atoms with Crippen molar-refractivity contribution in [3.05, 3.63) is 0 Å². The van der Waals surface area contributed by atoms with Crippen LogP contribution >= 0.6 is 0 Å². The molecule has 1 saturated heterocycles. The lowest BCUT2D eigenvalue weighted by Gasteiger charge is -2.31. The first-order chi connectivity index (χ1) is 6.25. The Labute approximate surface area is 79.5 Å². The van der Waals surface area contributed by atoms with Crippen LogP contribution < -0.4 is 5.32 Å². The van der Waals surface area contributed by atoms with E-state index in [1.165, 1.54) is 19.3 Å². The standard InChI is InChI=1S/C10H18N2O/c1-8-2-3-9(6-8)12-5-4-11-10(13)7-12/h8-9H,2-7H2,1H3,(H,11,13). The molecule has 0 aromatic carbocycles. The molecular weight excluding hydrogens is 164 g/mol. The van der Waals surface area contributed by atoms with Crippen molar-refractivity contribution in [1.29, 1.82) is 0 Å². The van der Waals surface area contributed by atoms with E-state index in [1.807, 2.05) is 0 Å². The van der Waals surface area contributed by atoms with Gasteiger partial charge in [-0.15, -0.1) is 0 Å². The smallest absolute Gasteiger partial charge is 0.234 e.